The fourth-order valence-corrected chi connectivity index (χ4v) is 6.28. The third-order valence-corrected chi connectivity index (χ3v) is 8.02. The lowest BCUT2D eigenvalue weighted by molar-refractivity contribution is 0.0825. The van der Waals surface area contributed by atoms with Crippen LogP contribution >= 0.6 is 0 Å². The fraction of sp³-hybridized carbons (Fsp3) is 0.759. The van der Waals surface area contributed by atoms with Crippen molar-refractivity contribution in [3.8, 4) is 0 Å². The van der Waals surface area contributed by atoms with Crippen molar-refractivity contribution < 1.29 is 4.79 Å². The number of urea groups is 1. The second kappa shape index (κ2) is 13.9. The highest BCUT2D eigenvalue weighted by atomic mass is 16.2. The van der Waals surface area contributed by atoms with E-state index in [1.165, 1.54) is 108 Å². The van der Waals surface area contributed by atoms with Crippen molar-refractivity contribution in [2.75, 3.05) is 6.54 Å². The van der Waals surface area contributed by atoms with Crippen molar-refractivity contribution in [3.05, 3.63) is 35.9 Å². The van der Waals surface area contributed by atoms with Crippen LogP contribution in [0.15, 0.2) is 30.3 Å². The Kier molecular flexibility index (Phi) is 10.9. The van der Waals surface area contributed by atoms with Crippen molar-refractivity contribution in [2.24, 2.45) is 11.8 Å². The van der Waals surface area contributed by atoms with E-state index in [0.29, 0.717) is 0 Å². The van der Waals surface area contributed by atoms with Crippen molar-refractivity contribution in [1.82, 2.24) is 10.6 Å². The number of nitrogens with one attached hydrogen (secondary N) is 2. The topological polar surface area (TPSA) is 41.1 Å². The first-order chi connectivity index (χ1) is 15.7. The Bertz CT molecular complexity index is 646. The second-order valence-electron chi connectivity index (χ2n) is 10.8. The molecule has 1 aromatic rings. The zero-order valence-corrected chi connectivity index (χ0v) is 20.7. The Balaban J connectivity index is 1.14. The molecule has 0 spiro atoms. The maximum absolute atomic E-state index is 12.5. The third kappa shape index (κ3) is 8.79. The van der Waals surface area contributed by atoms with E-state index in [1.807, 2.05) is 0 Å². The first kappa shape index (κ1) is 25.1. The maximum atomic E-state index is 12.5. The van der Waals surface area contributed by atoms with Gasteiger partial charge in [0, 0.05) is 12.1 Å². The monoisotopic (exact) mass is 440 g/mol. The molecular formula is C29H48N2O. The van der Waals surface area contributed by atoms with Crippen molar-refractivity contribution in [3.63, 3.8) is 0 Å². The molecule has 0 heterocycles. The molecule has 3 nitrogen and oxygen atoms in total. The molecule has 3 atom stereocenters. The number of rotatable bonds is 14. The van der Waals surface area contributed by atoms with Gasteiger partial charge in [0.25, 0.3) is 0 Å². The summed E-state index contributed by atoms with van der Waals surface area (Å²) in [5.74, 6) is 1.64. The van der Waals surface area contributed by atoms with Gasteiger partial charge >= 0.3 is 6.03 Å². The fourth-order valence-electron chi connectivity index (χ4n) is 6.28. The van der Waals surface area contributed by atoms with Gasteiger partial charge in [0.15, 0.2) is 0 Å². The van der Waals surface area contributed by atoms with E-state index in [1.54, 1.807) is 0 Å². The molecule has 2 saturated carbocycles. The van der Waals surface area contributed by atoms with Crippen molar-refractivity contribution in [2.45, 2.75) is 122 Å². The van der Waals surface area contributed by atoms with E-state index in [-0.39, 0.29) is 11.6 Å². The van der Waals surface area contributed by atoms with Crippen LogP contribution in [0.4, 0.5) is 4.79 Å². The standard InChI is InChI=1S/C29H48N2O/c1-2-25-22-27-19-15-20-29(23-25,24-27)31-28(32)30-21-14-9-7-5-3-4-6-8-11-16-26-17-12-10-13-18-26/h10,12-13,17-18,25,27H,2-9,11,14-16,19-24H2,1H3,(H2,30,31,32). The van der Waals surface area contributed by atoms with Crippen LogP contribution in [0.1, 0.15) is 115 Å². The lowest BCUT2D eigenvalue weighted by Gasteiger charge is -2.48. The zero-order valence-electron chi connectivity index (χ0n) is 20.7. The minimum absolute atomic E-state index is 0.0814. The van der Waals surface area contributed by atoms with Gasteiger partial charge in [-0.3, -0.25) is 0 Å². The predicted octanol–water partition coefficient (Wildman–Crippen LogP) is 7.79. The summed E-state index contributed by atoms with van der Waals surface area (Å²) in [7, 11) is 0. The van der Waals surface area contributed by atoms with E-state index in [2.05, 4.69) is 47.9 Å². The van der Waals surface area contributed by atoms with Gasteiger partial charge in [-0.25, -0.2) is 4.79 Å². The largest absolute Gasteiger partial charge is 0.338 e. The number of hydrogen-bond acceptors (Lipinski definition) is 1. The molecular weight excluding hydrogens is 392 g/mol. The van der Waals surface area contributed by atoms with Crippen molar-refractivity contribution >= 4 is 6.03 Å². The molecule has 2 amide bonds. The number of unbranched alkanes of at least 4 members (excludes halogenated alkanes) is 8. The summed E-state index contributed by atoms with van der Waals surface area (Å²) in [5.41, 5.74) is 1.56. The lowest BCUT2D eigenvalue weighted by atomic mass is 9.63. The van der Waals surface area contributed by atoms with Gasteiger partial charge in [-0.15, -0.1) is 0 Å². The van der Waals surface area contributed by atoms with E-state index in [0.717, 1.165) is 24.8 Å². The number of benzene rings is 1. The molecule has 2 aliphatic rings. The van der Waals surface area contributed by atoms with E-state index in [4.69, 9.17) is 0 Å². The van der Waals surface area contributed by atoms with Crippen LogP contribution in [0, 0.1) is 11.8 Å². The Labute approximate surface area is 197 Å². The van der Waals surface area contributed by atoms with Gasteiger partial charge in [0.2, 0.25) is 0 Å². The van der Waals surface area contributed by atoms with Gasteiger partial charge in [-0.05, 0) is 62.3 Å². The Morgan fingerprint density at radius 2 is 1.62 bits per heavy atom. The van der Waals surface area contributed by atoms with Crippen LogP contribution in [0.5, 0.6) is 0 Å². The quantitative estimate of drug-likeness (QED) is 0.285. The summed E-state index contributed by atoms with van der Waals surface area (Å²) in [4.78, 5) is 12.5. The summed E-state index contributed by atoms with van der Waals surface area (Å²) in [6.07, 6.45) is 21.9. The minimum atomic E-state index is 0.0814. The molecule has 32 heavy (non-hydrogen) atoms. The molecule has 0 saturated heterocycles. The summed E-state index contributed by atoms with van der Waals surface area (Å²) in [5, 5.41) is 6.57. The molecule has 180 valence electrons. The van der Waals surface area contributed by atoms with Crippen molar-refractivity contribution in [1.29, 1.82) is 0 Å². The normalized spacial score (nSPS) is 24.8. The summed E-state index contributed by atoms with van der Waals surface area (Å²) in [6, 6.07) is 10.9. The highest BCUT2D eigenvalue weighted by Crippen LogP contribution is 2.46. The third-order valence-electron chi connectivity index (χ3n) is 8.02. The SMILES string of the molecule is CCC1CC2CCCC(NC(=O)NCCCCCCCCCCCc3ccccc3)(C1)C2. The van der Waals surface area contributed by atoms with Gasteiger partial charge in [-0.1, -0.05) is 101 Å². The van der Waals surface area contributed by atoms with Crippen LogP contribution < -0.4 is 10.6 Å². The Morgan fingerprint density at radius 3 is 2.34 bits per heavy atom. The molecule has 3 rings (SSSR count). The van der Waals surface area contributed by atoms with Crippen LogP contribution in [0.2, 0.25) is 0 Å². The molecule has 2 aliphatic carbocycles. The van der Waals surface area contributed by atoms with Gasteiger partial charge in [-0.2, -0.15) is 0 Å². The van der Waals surface area contributed by atoms with E-state index < -0.39 is 0 Å². The molecule has 0 aromatic heterocycles. The number of hydrogen-bond donors (Lipinski definition) is 2. The van der Waals surface area contributed by atoms with Gasteiger partial charge < -0.3 is 10.6 Å². The summed E-state index contributed by atoms with van der Waals surface area (Å²) < 4.78 is 0. The maximum Gasteiger partial charge on any atom is 0.315 e. The molecule has 1 aromatic carbocycles. The first-order valence-corrected chi connectivity index (χ1v) is 13.8. The average Bonchev–Trinajstić information content (AvgIpc) is 2.80. The second-order valence-corrected chi connectivity index (χ2v) is 10.8. The summed E-state index contributed by atoms with van der Waals surface area (Å²) in [6.45, 7) is 3.13. The highest BCUT2D eigenvalue weighted by molar-refractivity contribution is 5.74. The van der Waals surface area contributed by atoms with Gasteiger partial charge in [0.05, 0.1) is 0 Å². The highest BCUT2D eigenvalue weighted by Gasteiger charge is 2.43. The molecule has 3 unspecified atom stereocenters. The number of fused-ring (bicyclic) bond motifs is 2. The number of amides is 2. The van der Waals surface area contributed by atoms with Crippen LogP contribution in [0.3, 0.4) is 0 Å². The predicted molar refractivity (Wildman–Crippen MR) is 136 cm³/mol. The molecule has 2 fully saturated rings. The first-order valence-electron chi connectivity index (χ1n) is 13.8. The molecule has 2 N–H and O–H groups in total. The van der Waals surface area contributed by atoms with E-state index >= 15 is 0 Å². The van der Waals surface area contributed by atoms with Crippen LogP contribution in [-0.4, -0.2) is 18.1 Å². The van der Waals surface area contributed by atoms with Crippen LogP contribution in [0.25, 0.3) is 0 Å². The molecule has 0 radical (unpaired) electrons. The Hall–Kier alpha value is -1.51. The zero-order chi connectivity index (χ0) is 22.5. The number of carbonyl (C=O) groups is 1. The minimum Gasteiger partial charge on any atom is -0.338 e. The van der Waals surface area contributed by atoms with Crippen LogP contribution in [-0.2, 0) is 6.42 Å². The average molecular weight is 441 g/mol. The smallest absolute Gasteiger partial charge is 0.315 e. The molecule has 0 aliphatic heterocycles. The van der Waals surface area contributed by atoms with E-state index in [9.17, 15) is 4.79 Å². The molecule has 2 bridgehead atoms. The Morgan fingerprint density at radius 1 is 0.938 bits per heavy atom. The number of carbonyl (C=O) groups excluding carboxylic acids is 1. The molecule has 3 heteroatoms. The van der Waals surface area contributed by atoms with Gasteiger partial charge in [0.1, 0.15) is 0 Å². The lowest BCUT2D eigenvalue weighted by Crippen LogP contribution is -2.57. The number of aryl methyl sites for hydroxylation is 1. The summed E-state index contributed by atoms with van der Waals surface area (Å²) >= 11 is 0.